The quantitative estimate of drug-likeness (QED) is 0.349. The van der Waals surface area contributed by atoms with Crippen molar-refractivity contribution >= 4 is 17.7 Å². The highest BCUT2D eigenvalue weighted by Crippen LogP contribution is 2.56. The highest BCUT2D eigenvalue weighted by molar-refractivity contribution is 8.00. The molecule has 0 N–H and O–H groups in total. The van der Waals surface area contributed by atoms with E-state index in [4.69, 9.17) is 4.74 Å². The van der Waals surface area contributed by atoms with Gasteiger partial charge in [0.15, 0.2) is 5.60 Å². The summed E-state index contributed by atoms with van der Waals surface area (Å²) in [6.07, 6.45) is 0. The Hall–Kier alpha value is -1.28. The Morgan fingerprint density at radius 2 is 2.14 bits per heavy atom. The third-order valence-corrected chi connectivity index (χ3v) is 4.00. The lowest BCUT2D eigenvalue weighted by atomic mass is 9.99. The van der Waals surface area contributed by atoms with Gasteiger partial charge in [0.05, 0.1) is 6.61 Å². The predicted molar refractivity (Wildman–Crippen MR) is 68.0 cm³/mol. The summed E-state index contributed by atoms with van der Waals surface area (Å²) in [5.74, 6) is -2.66. The fourth-order valence-electron chi connectivity index (χ4n) is 1.84. The molecule has 1 fully saturated rings. The molecule has 1 saturated heterocycles. The maximum atomic E-state index is 14.2. The molecule has 0 aromatic heterocycles. The third kappa shape index (κ3) is 3.32. The maximum Gasteiger partial charge on any atom is 0.328 e. The van der Waals surface area contributed by atoms with E-state index in [1.165, 1.54) is 6.92 Å². The SMILES string of the molecule is CC(=O)OCCSC(F)(F)C1(c2ccc(F)cc2F)CO1. The number of epoxide rings is 1. The van der Waals surface area contributed by atoms with Crippen LogP contribution in [0.4, 0.5) is 17.6 Å². The zero-order valence-electron chi connectivity index (χ0n) is 11.0. The molecule has 1 atom stereocenters. The van der Waals surface area contributed by atoms with Crippen LogP contribution in [-0.4, -0.2) is 30.2 Å². The van der Waals surface area contributed by atoms with Crippen LogP contribution in [0.2, 0.25) is 0 Å². The first-order chi connectivity index (χ1) is 9.78. The number of halogens is 4. The van der Waals surface area contributed by atoms with Crippen LogP contribution in [0.1, 0.15) is 12.5 Å². The van der Waals surface area contributed by atoms with Crippen LogP contribution in [0.15, 0.2) is 18.2 Å². The van der Waals surface area contributed by atoms with Gasteiger partial charge in [0.25, 0.3) is 0 Å². The molecule has 0 radical (unpaired) electrons. The Morgan fingerprint density at radius 3 is 2.67 bits per heavy atom. The van der Waals surface area contributed by atoms with Crippen molar-refractivity contribution in [1.29, 1.82) is 0 Å². The van der Waals surface area contributed by atoms with Crippen LogP contribution in [0.5, 0.6) is 0 Å². The lowest BCUT2D eigenvalue weighted by Crippen LogP contribution is -2.33. The normalized spacial score (nSPS) is 21.2. The van der Waals surface area contributed by atoms with Gasteiger partial charge < -0.3 is 9.47 Å². The number of hydrogen-bond donors (Lipinski definition) is 0. The van der Waals surface area contributed by atoms with E-state index < -0.39 is 28.5 Å². The topological polar surface area (TPSA) is 38.8 Å². The number of hydrogen-bond acceptors (Lipinski definition) is 4. The van der Waals surface area contributed by atoms with Crippen molar-refractivity contribution in [3.63, 3.8) is 0 Å². The minimum atomic E-state index is -3.42. The van der Waals surface area contributed by atoms with Crippen molar-refractivity contribution < 1.29 is 31.8 Å². The summed E-state index contributed by atoms with van der Waals surface area (Å²) in [7, 11) is 0. The van der Waals surface area contributed by atoms with E-state index in [1.54, 1.807) is 0 Å². The number of carbonyl (C=O) groups excluding carboxylic acids is 1. The fraction of sp³-hybridized carbons (Fsp3) is 0.462. The Balaban J connectivity index is 2.09. The molecule has 1 aromatic carbocycles. The average Bonchev–Trinajstić information content (AvgIpc) is 3.16. The standard InChI is InChI=1S/C13H12F4O3S/c1-8(18)19-4-5-21-13(16,17)12(7-20-12)10-3-2-9(14)6-11(10)15/h2-3,6H,4-5,7H2,1H3. The molecule has 8 heteroatoms. The van der Waals surface area contributed by atoms with Crippen LogP contribution in [0.25, 0.3) is 0 Å². The molecule has 0 amide bonds. The van der Waals surface area contributed by atoms with E-state index in [0.29, 0.717) is 6.07 Å². The molecule has 1 aliphatic rings. The Kier molecular flexibility index (Phi) is 4.48. The number of benzene rings is 1. The van der Waals surface area contributed by atoms with E-state index in [2.05, 4.69) is 4.74 Å². The van der Waals surface area contributed by atoms with Crippen molar-refractivity contribution in [3.05, 3.63) is 35.4 Å². The summed E-state index contributed by atoms with van der Waals surface area (Å²) in [5, 5.41) is -3.42. The Bertz CT molecular complexity index is 546. The highest BCUT2D eigenvalue weighted by atomic mass is 32.2. The summed E-state index contributed by atoms with van der Waals surface area (Å²) < 4.78 is 64.3. The van der Waals surface area contributed by atoms with Crippen molar-refractivity contribution in [2.45, 2.75) is 17.8 Å². The highest BCUT2D eigenvalue weighted by Gasteiger charge is 2.67. The molecule has 1 aliphatic heterocycles. The molecule has 3 nitrogen and oxygen atoms in total. The minimum Gasteiger partial charge on any atom is -0.465 e. The molecule has 1 unspecified atom stereocenters. The molecule has 2 rings (SSSR count). The summed E-state index contributed by atoms with van der Waals surface area (Å²) in [5.41, 5.74) is -2.47. The summed E-state index contributed by atoms with van der Waals surface area (Å²) in [4.78, 5) is 10.5. The number of carbonyl (C=O) groups is 1. The fourth-order valence-corrected chi connectivity index (χ4v) is 2.73. The first kappa shape index (κ1) is 16.1. The van der Waals surface area contributed by atoms with E-state index in [1.807, 2.05) is 0 Å². The monoisotopic (exact) mass is 324 g/mol. The number of rotatable bonds is 6. The van der Waals surface area contributed by atoms with E-state index in [-0.39, 0.29) is 36.3 Å². The minimum absolute atomic E-state index is 0.166. The molecule has 116 valence electrons. The molecule has 21 heavy (non-hydrogen) atoms. The number of thioether (sulfide) groups is 1. The second-order valence-electron chi connectivity index (χ2n) is 4.45. The number of alkyl halides is 2. The second-order valence-corrected chi connectivity index (χ2v) is 5.65. The smallest absolute Gasteiger partial charge is 0.328 e. The molecule has 0 spiro atoms. The van der Waals surface area contributed by atoms with Gasteiger partial charge in [-0.25, -0.2) is 8.78 Å². The Labute approximate surface area is 122 Å². The van der Waals surface area contributed by atoms with Gasteiger partial charge in [-0.15, -0.1) is 0 Å². The first-order valence-corrected chi connectivity index (χ1v) is 7.02. The summed E-state index contributed by atoms with van der Waals surface area (Å²) in [6, 6.07) is 2.40. The van der Waals surface area contributed by atoms with Crippen molar-refractivity contribution in [2.24, 2.45) is 0 Å². The zero-order chi connectivity index (χ0) is 15.7. The molecule has 0 aliphatic carbocycles. The molecule has 0 saturated carbocycles. The summed E-state index contributed by atoms with van der Waals surface area (Å²) >= 11 is 0.202. The van der Waals surface area contributed by atoms with Gasteiger partial charge in [0.1, 0.15) is 18.2 Å². The van der Waals surface area contributed by atoms with Crippen LogP contribution in [0, 0.1) is 11.6 Å². The lowest BCUT2D eigenvalue weighted by molar-refractivity contribution is -0.140. The maximum absolute atomic E-state index is 14.2. The summed E-state index contributed by atoms with van der Waals surface area (Å²) in [6.45, 7) is 0.628. The van der Waals surface area contributed by atoms with E-state index in [9.17, 15) is 22.4 Å². The van der Waals surface area contributed by atoms with Gasteiger partial charge in [-0.3, -0.25) is 4.79 Å². The number of esters is 1. The van der Waals surface area contributed by atoms with E-state index in [0.717, 1.165) is 12.1 Å². The third-order valence-electron chi connectivity index (χ3n) is 2.94. The molecule has 0 bridgehead atoms. The zero-order valence-corrected chi connectivity index (χ0v) is 11.8. The van der Waals surface area contributed by atoms with Gasteiger partial charge in [0.2, 0.25) is 0 Å². The van der Waals surface area contributed by atoms with E-state index >= 15 is 0 Å². The van der Waals surface area contributed by atoms with Crippen molar-refractivity contribution in [3.8, 4) is 0 Å². The second kappa shape index (κ2) is 5.84. The van der Waals surface area contributed by atoms with Crippen LogP contribution < -0.4 is 0 Å². The van der Waals surface area contributed by atoms with Gasteiger partial charge in [0, 0.05) is 24.3 Å². The van der Waals surface area contributed by atoms with Gasteiger partial charge in [-0.1, -0.05) is 11.8 Å². The first-order valence-electron chi connectivity index (χ1n) is 6.03. The molecular weight excluding hydrogens is 312 g/mol. The molecular formula is C13H12F4O3S. The Morgan fingerprint density at radius 1 is 1.48 bits per heavy atom. The van der Waals surface area contributed by atoms with Gasteiger partial charge in [-0.2, -0.15) is 8.78 Å². The van der Waals surface area contributed by atoms with Crippen molar-refractivity contribution in [1.82, 2.24) is 0 Å². The molecule has 1 aromatic rings. The van der Waals surface area contributed by atoms with Gasteiger partial charge >= 0.3 is 11.2 Å². The largest absolute Gasteiger partial charge is 0.465 e. The predicted octanol–water partition coefficient (Wildman–Crippen LogP) is 3.08. The van der Waals surface area contributed by atoms with Crippen LogP contribution in [0.3, 0.4) is 0 Å². The lowest BCUT2D eigenvalue weighted by Gasteiger charge is -2.23. The van der Waals surface area contributed by atoms with Crippen LogP contribution >= 0.6 is 11.8 Å². The average molecular weight is 324 g/mol. The van der Waals surface area contributed by atoms with Crippen LogP contribution in [-0.2, 0) is 19.9 Å². The number of ether oxygens (including phenoxy) is 2. The molecule has 1 heterocycles. The van der Waals surface area contributed by atoms with Crippen molar-refractivity contribution in [2.75, 3.05) is 19.0 Å². The van der Waals surface area contributed by atoms with Gasteiger partial charge in [-0.05, 0) is 12.1 Å².